The number of carbonyl (C=O) groups excluding carboxylic acids is 2. The number of likely N-dealkylation sites (tertiary alicyclic amines) is 1. The Morgan fingerprint density at radius 1 is 1.36 bits per heavy atom. The summed E-state index contributed by atoms with van der Waals surface area (Å²) in [4.78, 5) is 39.9. The highest BCUT2D eigenvalue weighted by atomic mass is 16.2. The lowest BCUT2D eigenvalue weighted by Gasteiger charge is -2.48. The maximum absolute atomic E-state index is 13.3. The summed E-state index contributed by atoms with van der Waals surface area (Å²) in [5.74, 6) is -0.0527. The molecule has 2 aliphatic rings. The summed E-state index contributed by atoms with van der Waals surface area (Å²) in [6, 6.07) is 0.153. The first-order valence-electron chi connectivity index (χ1n) is 8.72. The molecule has 1 aromatic rings. The van der Waals surface area contributed by atoms with Gasteiger partial charge in [0.15, 0.2) is 0 Å². The summed E-state index contributed by atoms with van der Waals surface area (Å²) in [5, 5.41) is 0. The van der Waals surface area contributed by atoms with Gasteiger partial charge >= 0.3 is 0 Å². The van der Waals surface area contributed by atoms with Crippen LogP contribution in [0.3, 0.4) is 0 Å². The molecule has 3 rings (SSSR count). The zero-order chi connectivity index (χ0) is 18.0. The number of piperazine rings is 1. The molecule has 1 aromatic heterocycles. The highest BCUT2D eigenvalue weighted by Crippen LogP contribution is 2.34. The SMILES string of the molecule is C=CCN1CCN(C(C)C)C(=O)[C@]12CCN(C(=O)c1cnccn1)C2. The van der Waals surface area contributed by atoms with Gasteiger partial charge in [-0.3, -0.25) is 19.5 Å². The van der Waals surface area contributed by atoms with E-state index in [9.17, 15) is 9.59 Å². The Morgan fingerprint density at radius 2 is 2.16 bits per heavy atom. The second-order valence-electron chi connectivity index (χ2n) is 6.93. The molecule has 0 bridgehead atoms. The summed E-state index contributed by atoms with van der Waals surface area (Å²) >= 11 is 0. The van der Waals surface area contributed by atoms with E-state index in [1.54, 1.807) is 11.1 Å². The van der Waals surface area contributed by atoms with Crippen molar-refractivity contribution in [3.63, 3.8) is 0 Å². The standard InChI is InChI=1S/C18H25N5O2/c1-4-8-22-10-11-23(14(2)3)17(25)18(22)5-9-21(13-18)16(24)15-12-19-6-7-20-15/h4,6-7,12,14H,1,5,8-11,13H2,2-3H3/t18-/m1/s1. The van der Waals surface area contributed by atoms with Crippen LogP contribution in [0.2, 0.25) is 0 Å². The van der Waals surface area contributed by atoms with Crippen LogP contribution < -0.4 is 0 Å². The molecule has 1 spiro atoms. The van der Waals surface area contributed by atoms with Crippen LogP contribution >= 0.6 is 0 Å². The Kier molecular flexibility index (Phi) is 4.85. The molecule has 1 atom stereocenters. The topological polar surface area (TPSA) is 69.6 Å². The largest absolute Gasteiger partial charge is 0.337 e. The number of nitrogens with zero attached hydrogens (tertiary/aromatic N) is 5. The van der Waals surface area contributed by atoms with Crippen LogP contribution in [0.4, 0.5) is 0 Å². The minimum absolute atomic E-state index is 0.116. The molecule has 2 amide bonds. The molecule has 0 saturated carbocycles. The van der Waals surface area contributed by atoms with Gasteiger partial charge < -0.3 is 9.80 Å². The van der Waals surface area contributed by atoms with E-state index < -0.39 is 5.54 Å². The normalized spacial score (nSPS) is 24.4. The van der Waals surface area contributed by atoms with Crippen molar-refractivity contribution in [2.24, 2.45) is 0 Å². The fourth-order valence-electron chi connectivity index (χ4n) is 3.83. The van der Waals surface area contributed by atoms with Crippen molar-refractivity contribution in [3.05, 3.63) is 36.9 Å². The number of carbonyl (C=O) groups is 2. The Bertz CT molecular complexity index is 663. The van der Waals surface area contributed by atoms with E-state index in [2.05, 4.69) is 21.4 Å². The lowest BCUT2D eigenvalue weighted by molar-refractivity contribution is -0.152. The molecular weight excluding hydrogens is 318 g/mol. The third kappa shape index (κ3) is 3.04. The van der Waals surface area contributed by atoms with Gasteiger partial charge in [0.1, 0.15) is 11.2 Å². The smallest absolute Gasteiger partial charge is 0.274 e. The van der Waals surface area contributed by atoms with E-state index >= 15 is 0 Å². The fraction of sp³-hybridized carbons (Fsp3) is 0.556. The average Bonchev–Trinajstić information content (AvgIpc) is 3.05. The van der Waals surface area contributed by atoms with Crippen LogP contribution in [-0.4, -0.2) is 80.8 Å². The fourth-order valence-corrected chi connectivity index (χ4v) is 3.83. The average molecular weight is 343 g/mol. The van der Waals surface area contributed by atoms with Crippen LogP contribution in [0.5, 0.6) is 0 Å². The molecule has 2 aliphatic heterocycles. The van der Waals surface area contributed by atoms with Gasteiger partial charge in [-0.1, -0.05) is 6.08 Å². The Balaban J connectivity index is 1.86. The number of hydrogen-bond donors (Lipinski definition) is 0. The third-order valence-corrected chi connectivity index (χ3v) is 5.17. The highest BCUT2D eigenvalue weighted by molar-refractivity contribution is 5.94. The van der Waals surface area contributed by atoms with Crippen LogP contribution in [0.25, 0.3) is 0 Å². The van der Waals surface area contributed by atoms with Crippen molar-refractivity contribution >= 4 is 11.8 Å². The number of rotatable bonds is 4. The lowest BCUT2D eigenvalue weighted by Crippen LogP contribution is -2.68. The highest BCUT2D eigenvalue weighted by Gasteiger charge is 2.54. The van der Waals surface area contributed by atoms with Gasteiger partial charge in [0, 0.05) is 51.2 Å². The first-order valence-corrected chi connectivity index (χ1v) is 8.72. The Labute approximate surface area is 148 Å². The molecular formula is C18H25N5O2. The number of amides is 2. The summed E-state index contributed by atoms with van der Waals surface area (Å²) in [6.07, 6.45) is 6.98. The van der Waals surface area contributed by atoms with Gasteiger partial charge in [-0.2, -0.15) is 0 Å². The summed E-state index contributed by atoms with van der Waals surface area (Å²) in [6.45, 7) is 11.0. The molecule has 0 aliphatic carbocycles. The van der Waals surface area contributed by atoms with Gasteiger partial charge in [-0.15, -0.1) is 6.58 Å². The molecule has 2 saturated heterocycles. The Hall–Kier alpha value is -2.28. The first kappa shape index (κ1) is 17.5. The summed E-state index contributed by atoms with van der Waals surface area (Å²) in [5.41, 5.74) is -0.340. The molecule has 25 heavy (non-hydrogen) atoms. The number of aromatic nitrogens is 2. The summed E-state index contributed by atoms with van der Waals surface area (Å²) in [7, 11) is 0. The van der Waals surface area contributed by atoms with Gasteiger partial charge in [0.2, 0.25) is 5.91 Å². The molecule has 0 aromatic carbocycles. The second kappa shape index (κ2) is 6.92. The molecule has 3 heterocycles. The minimum Gasteiger partial charge on any atom is -0.337 e. The van der Waals surface area contributed by atoms with E-state index in [1.807, 2.05) is 24.8 Å². The van der Waals surface area contributed by atoms with E-state index in [-0.39, 0.29) is 17.9 Å². The predicted molar refractivity (Wildman–Crippen MR) is 93.9 cm³/mol. The van der Waals surface area contributed by atoms with Crippen molar-refractivity contribution in [3.8, 4) is 0 Å². The predicted octanol–water partition coefficient (Wildman–Crippen LogP) is 0.800. The third-order valence-electron chi connectivity index (χ3n) is 5.17. The zero-order valence-corrected chi connectivity index (χ0v) is 14.9. The van der Waals surface area contributed by atoms with E-state index in [1.165, 1.54) is 12.4 Å². The van der Waals surface area contributed by atoms with Crippen LogP contribution in [0, 0.1) is 0 Å². The van der Waals surface area contributed by atoms with Crippen molar-refractivity contribution in [2.75, 3.05) is 32.7 Å². The molecule has 134 valence electrons. The first-order chi connectivity index (χ1) is 12.0. The van der Waals surface area contributed by atoms with Gasteiger partial charge in [-0.05, 0) is 20.3 Å². The molecule has 7 heteroatoms. The van der Waals surface area contributed by atoms with Gasteiger partial charge in [-0.25, -0.2) is 4.98 Å². The van der Waals surface area contributed by atoms with Crippen molar-refractivity contribution in [1.82, 2.24) is 24.7 Å². The summed E-state index contributed by atoms with van der Waals surface area (Å²) < 4.78 is 0. The maximum Gasteiger partial charge on any atom is 0.274 e. The van der Waals surface area contributed by atoms with E-state index in [0.717, 1.165) is 6.54 Å². The minimum atomic E-state index is -0.658. The van der Waals surface area contributed by atoms with Crippen LogP contribution in [0.15, 0.2) is 31.2 Å². The molecule has 2 fully saturated rings. The lowest BCUT2D eigenvalue weighted by atomic mass is 9.90. The number of hydrogen-bond acceptors (Lipinski definition) is 5. The van der Waals surface area contributed by atoms with Crippen LogP contribution in [-0.2, 0) is 4.79 Å². The molecule has 7 nitrogen and oxygen atoms in total. The van der Waals surface area contributed by atoms with Gasteiger partial charge in [0.25, 0.3) is 5.91 Å². The zero-order valence-electron chi connectivity index (χ0n) is 14.9. The van der Waals surface area contributed by atoms with Gasteiger partial charge in [0.05, 0.1) is 6.20 Å². The van der Waals surface area contributed by atoms with E-state index in [0.29, 0.717) is 38.3 Å². The molecule has 0 unspecified atom stereocenters. The maximum atomic E-state index is 13.3. The quantitative estimate of drug-likeness (QED) is 0.757. The molecule has 0 N–H and O–H groups in total. The Morgan fingerprint density at radius 3 is 2.80 bits per heavy atom. The van der Waals surface area contributed by atoms with Crippen molar-refractivity contribution in [2.45, 2.75) is 31.8 Å². The second-order valence-corrected chi connectivity index (χ2v) is 6.93. The monoisotopic (exact) mass is 343 g/mol. The van der Waals surface area contributed by atoms with Crippen molar-refractivity contribution in [1.29, 1.82) is 0 Å². The molecule has 0 radical (unpaired) electrons. The van der Waals surface area contributed by atoms with Crippen molar-refractivity contribution < 1.29 is 9.59 Å². The van der Waals surface area contributed by atoms with E-state index in [4.69, 9.17) is 0 Å². The van der Waals surface area contributed by atoms with Crippen LogP contribution in [0.1, 0.15) is 30.8 Å².